The summed E-state index contributed by atoms with van der Waals surface area (Å²) in [6.07, 6.45) is 0. The number of benzene rings is 2. The van der Waals surface area contributed by atoms with E-state index in [1.165, 1.54) is 23.1 Å². The highest BCUT2D eigenvalue weighted by Crippen LogP contribution is 2.20. The molecular weight excluding hydrogens is 397 g/mol. The van der Waals surface area contributed by atoms with Crippen molar-refractivity contribution in [3.63, 3.8) is 0 Å². The quantitative estimate of drug-likeness (QED) is 0.751. The van der Waals surface area contributed by atoms with Crippen LogP contribution in [0.25, 0.3) is 0 Å². The van der Waals surface area contributed by atoms with Crippen LogP contribution in [0, 0.1) is 17.5 Å². The number of ether oxygens (including phenoxy) is 1. The summed E-state index contributed by atoms with van der Waals surface area (Å²) >= 11 is 0. The molecule has 0 spiro atoms. The first-order valence-corrected chi connectivity index (χ1v) is 9.83. The first-order chi connectivity index (χ1) is 13.3. The minimum Gasteiger partial charge on any atom is -0.484 e. The predicted molar refractivity (Wildman–Crippen MR) is 93.6 cm³/mol. The van der Waals surface area contributed by atoms with Gasteiger partial charge in [-0.3, -0.25) is 4.79 Å². The number of nitrogens with zero attached hydrogens (tertiary/aromatic N) is 2. The summed E-state index contributed by atoms with van der Waals surface area (Å²) in [5, 5.41) is 0. The second-order valence-corrected chi connectivity index (χ2v) is 8.04. The van der Waals surface area contributed by atoms with Crippen molar-refractivity contribution in [2.24, 2.45) is 0 Å². The lowest BCUT2D eigenvalue weighted by Crippen LogP contribution is -2.51. The van der Waals surface area contributed by atoms with Gasteiger partial charge in [0, 0.05) is 32.2 Å². The van der Waals surface area contributed by atoms with Crippen molar-refractivity contribution in [1.29, 1.82) is 0 Å². The number of carbonyl (C=O) groups excluding carboxylic acids is 1. The van der Waals surface area contributed by atoms with Crippen molar-refractivity contribution < 1.29 is 31.1 Å². The van der Waals surface area contributed by atoms with E-state index in [9.17, 15) is 26.4 Å². The second-order valence-electron chi connectivity index (χ2n) is 6.11. The third kappa shape index (κ3) is 4.45. The fourth-order valence-corrected chi connectivity index (χ4v) is 4.19. The minimum absolute atomic E-state index is 0.00698. The molecule has 1 amide bonds. The average molecular weight is 414 g/mol. The van der Waals surface area contributed by atoms with Crippen LogP contribution in [0.4, 0.5) is 13.2 Å². The van der Waals surface area contributed by atoms with Crippen LogP contribution in [0.1, 0.15) is 0 Å². The molecule has 0 N–H and O–H groups in total. The number of piperazine rings is 1. The molecule has 1 aliphatic heterocycles. The smallest absolute Gasteiger partial charge is 0.260 e. The van der Waals surface area contributed by atoms with Crippen molar-refractivity contribution in [1.82, 2.24) is 9.21 Å². The first kappa shape index (κ1) is 20.2. The maximum absolute atomic E-state index is 13.3. The zero-order valence-electron chi connectivity index (χ0n) is 14.6. The molecule has 0 bridgehead atoms. The summed E-state index contributed by atoms with van der Waals surface area (Å²) in [7, 11) is -3.99. The predicted octanol–water partition coefficient (Wildman–Crippen LogP) is 2.02. The molecule has 0 aliphatic carbocycles. The summed E-state index contributed by atoms with van der Waals surface area (Å²) in [6, 6.07) is 7.76. The molecule has 2 aromatic carbocycles. The van der Waals surface area contributed by atoms with Gasteiger partial charge in [0.2, 0.25) is 10.0 Å². The molecule has 0 atom stereocenters. The van der Waals surface area contributed by atoms with Gasteiger partial charge in [0.05, 0.1) is 4.90 Å². The molecule has 1 saturated heterocycles. The summed E-state index contributed by atoms with van der Waals surface area (Å²) < 4.78 is 70.9. The van der Waals surface area contributed by atoms with Gasteiger partial charge in [-0.15, -0.1) is 0 Å². The average Bonchev–Trinajstić information content (AvgIpc) is 2.68. The molecule has 150 valence electrons. The van der Waals surface area contributed by atoms with Crippen molar-refractivity contribution in [3.05, 3.63) is 59.9 Å². The summed E-state index contributed by atoms with van der Waals surface area (Å²) in [5.41, 5.74) is 0. The number of rotatable bonds is 5. The van der Waals surface area contributed by atoms with E-state index in [1.807, 2.05) is 0 Å². The molecule has 0 aromatic heterocycles. The Morgan fingerprint density at radius 2 is 1.68 bits per heavy atom. The van der Waals surface area contributed by atoms with Crippen molar-refractivity contribution in [2.45, 2.75) is 4.90 Å². The van der Waals surface area contributed by atoms with E-state index in [-0.39, 0.29) is 49.3 Å². The Kier molecular flexibility index (Phi) is 5.90. The number of sulfonamides is 1. The Bertz CT molecular complexity index is 977. The van der Waals surface area contributed by atoms with E-state index >= 15 is 0 Å². The van der Waals surface area contributed by atoms with Crippen LogP contribution < -0.4 is 4.74 Å². The zero-order chi connectivity index (χ0) is 20.3. The monoisotopic (exact) mass is 414 g/mol. The van der Waals surface area contributed by atoms with Crippen LogP contribution >= 0.6 is 0 Å². The van der Waals surface area contributed by atoms with Gasteiger partial charge in [-0.25, -0.2) is 21.6 Å². The van der Waals surface area contributed by atoms with E-state index < -0.39 is 27.5 Å². The molecule has 6 nitrogen and oxygen atoms in total. The Hall–Kier alpha value is -2.59. The van der Waals surface area contributed by atoms with E-state index in [0.29, 0.717) is 6.07 Å². The Labute approximate surface area is 160 Å². The van der Waals surface area contributed by atoms with E-state index in [4.69, 9.17) is 4.74 Å². The third-order valence-electron chi connectivity index (χ3n) is 4.28. The number of hydrogen-bond donors (Lipinski definition) is 0. The van der Waals surface area contributed by atoms with Gasteiger partial charge < -0.3 is 9.64 Å². The van der Waals surface area contributed by atoms with Crippen molar-refractivity contribution in [2.75, 3.05) is 32.8 Å². The van der Waals surface area contributed by atoms with Gasteiger partial charge >= 0.3 is 0 Å². The maximum atomic E-state index is 13.3. The minimum atomic E-state index is -3.99. The highest BCUT2D eigenvalue weighted by Gasteiger charge is 2.30. The molecule has 2 aromatic rings. The third-order valence-corrected chi connectivity index (χ3v) is 6.17. The zero-order valence-corrected chi connectivity index (χ0v) is 15.5. The molecule has 0 unspecified atom stereocenters. The molecule has 0 radical (unpaired) electrons. The molecule has 3 rings (SSSR count). The number of halogens is 3. The standard InChI is InChI=1S/C18H17F3N2O4S/c19-13-2-1-3-14(10-13)27-12-18(24)22-6-8-23(9-7-22)28(25,26)15-4-5-16(20)17(21)11-15/h1-5,10-11H,6-9,12H2. The number of amides is 1. The fourth-order valence-electron chi connectivity index (χ4n) is 2.76. The molecule has 1 fully saturated rings. The van der Waals surface area contributed by atoms with Crippen LogP contribution in [0.15, 0.2) is 47.4 Å². The first-order valence-electron chi connectivity index (χ1n) is 8.39. The lowest BCUT2D eigenvalue weighted by molar-refractivity contribution is -0.134. The van der Waals surface area contributed by atoms with E-state index in [0.717, 1.165) is 22.5 Å². The summed E-state index contributed by atoms with van der Waals surface area (Å²) in [6.45, 7) is -0.0536. The van der Waals surface area contributed by atoms with Crippen molar-refractivity contribution >= 4 is 15.9 Å². The van der Waals surface area contributed by atoms with Gasteiger partial charge in [0.1, 0.15) is 11.6 Å². The Morgan fingerprint density at radius 1 is 0.964 bits per heavy atom. The summed E-state index contributed by atoms with van der Waals surface area (Å²) in [5.74, 6) is -3.01. The molecular formula is C18H17F3N2O4S. The SMILES string of the molecule is O=C(COc1cccc(F)c1)N1CCN(S(=O)(=O)c2ccc(F)c(F)c2)CC1. The normalized spacial score (nSPS) is 15.5. The highest BCUT2D eigenvalue weighted by atomic mass is 32.2. The Morgan fingerprint density at radius 3 is 2.32 bits per heavy atom. The topological polar surface area (TPSA) is 66.9 Å². The number of carbonyl (C=O) groups is 1. The van der Waals surface area contributed by atoms with Crippen LogP contribution in [-0.2, 0) is 14.8 Å². The van der Waals surface area contributed by atoms with Gasteiger partial charge in [0.25, 0.3) is 5.91 Å². The van der Waals surface area contributed by atoms with Gasteiger partial charge in [0.15, 0.2) is 18.2 Å². The Balaban J connectivity index is 1.57. The van der Waals surface area contributed by atoms with Gasteiger partial charge in [-0.05, 0) is 30.3 Å². The van der Waals surface area contributed by atoms with Crippen molar-refractivity contribution in [3.8, 4) is 5.75 Å². The van der Waals surface area contributed by atoms with Crippen LogP contribution in [0.2, 0.25) is 0 Å². The van der Waals surface area contributed by atoms with E-state index in [1.54, 1.807) is 0 Å². The van der Waals surface area contributed by atoms with E-state index in [2.05, 4.69) is 0 Å². The van der Waals surface area contributed by atoms with Crippen LogP contribution in [-0.4, -0.2) is 56.3 Å². The lowest BCUT2D eigenvalue weighted by atomic mass is 10.3. The largest absolute Gasteiger partial charge is 0.484 e. The maximum Gasteiger partial charge on any atom is 0.260 e. The van der Waals surface area contributed by atoms with Gasteiger partial charge in [-0.2, -0.15) is 4.31 Å². The molecule has 28 heavy (non-hydrogen) atoms. The molecule has 0 saturated carbocycles. The summed E-state index contributed by atoms with van der Waals surface area (Å²) in [4.78, 5) is 13.3. The second kappa shape index (κ2) is 8.19. The molecule has 10 heteroatoms. The molecule has 1 aliphatic rings. The van der Waals surface area contributed by atoms with Crippen LogP contribution in [0.5, 0.6) is 5.75 Å². The molecule has 1 heterocycles. The lowest BCUT2D eigenvalue weighted by Gasteiger charge is -2.34. The highest BCUT2D eigenvalue weighted by molar-refractivity contribution is 7.89. The van der Waals surface area contributed by atoms with Gasteiger partial charge in [-0.1, -0.05) is 6.07 Å². The number of hydrogen-bond acceptors (Lipinski definition) is 4. The fraction of sp³-hybridized carbons (Fsp3) is 0.278. The van der Waals surface area contributed by atoms with Crippen LogP contribution in [0.3, 0.4) is 0 Å².